The molecule has 0 aliphatic rings. The molecule has 0 aliphatic carbocycles. The van der Waals surface area contributed by atoms with Crippen LogP contribution in [0.1, 0.15) is 27.0 Å². The van der Waals surface area contributed by atoms with Crippen molar-refractivity contribution < 1.29 is 4.79 Å². The van der Waals surface area contributed by atoms with E-state index < -0.39 is 0 Å². The van der Waals surface area contributed by atoms with Crippen LogP contribution in [0.2, 0.25) is 5.02 Å². The monoisotopic (exact) mass is 270 g/mol. The number of carbonyl (C=O) groups is 1. The molecule has 2 aromatic carbocycles. The second-order valence-electron chi connectivity index (χ2n) is 4.54. The van der Waals surface area contributed by atoms with E-state index in [2.05, 4.69) is 0 Å². The summed E-state index contributed by atoms with van der Waals surface area (Å²) in [5.41, 5.74) is 3.73. The van der Waals surface area contributed by atoms with Crippen LogP contribution in [0, 0.1) is 13.8 Å². The minimum Gasteiger partial charge on any atom is -0.289 e. The Labute approximate surface area is 118 Å². The summed E-state index contributed by atoms with van der Waals surface area (Å²) in [5, 5.41) is 0.646. The number of halogens is 1. The highest BCUT2D eigenvalue weighted by atomic mass is 35.5. The first-order chi connectivity index (χ1) is 9.08. The van der Waals surface area contributed by atoms with E-state index in [1.165, 1.54) is 0 Å². The summed E-state index contributed by atoms with van der Waals surface area (Å²) in [5.74, 6) is -0.00239. The second-order valence-corrected chi connectivity index (χ2v) is 4.94. The molecule has 0 unspecified atom stereocenters. The van der Waals surface area contributed by atoms with Crippen LogP contribution in [0.25, 0.3) is 6.08 Å². The Morgan fingerprint density at radius 3 is 2.53 bits per heavy atom. The van der Waals surface area contributed by atoms with Crippen LogP contribution in [-0.2, 0) is 0 Å². The fraction of sp³-hybridized carbons (Fsp3) is 0.118. The maximum atomic E-state index is 12.1. The molecule has 0 bridgehead atoms. The average Bonchev–Trinajstić information content (AvgIpc) is 2.37. The van der Waals surface area contributed by atoms with E-state index in [9.17, 15) is 4.79 Å². The van der Waals surface area contributed by atoms with Crippen molar-refractivity contribution in [2.75, 3.05) is 0 Å². The minimum atomic E-state index is -0.00239. The summed E-state index contributed by atoms with van der Waals surface area (Å²) >= 11 is 6.04. The van der Waals surface area contributed by atoms with Crippen molar-refractivity contribution >= 4 is 23.5 Å². The Morgan fingerprint density at radius 2 is 1.84 bits per heavy atom. The van der Waals surface area contributed by atoms with Crippen molar-refractivity contribution in [3.63, 3.8) is 0 Å². The van der Waals surface area contributed by atoms with Crippen LogP contribution >= 0.6 is 11.6 Å². The van der Waals surface area contributed by atoms with Gasteiger partial charge < -0.3 is 0 Å². The van der Waals surface area contributed by atoms with Crippen molar-refractivity contribution in [3.05, 3.63) is 75.8 Å². The molecule has 0 radical (unpaired) electrons. The van der Waals surface area contributed by atoms with E-state index in [1.807, 2.05) is 56.3 Å². The lowest BCUT2D eigenvalue weighted by molar-refractivity contribution is 0.104. The van der Waals surface area contributed by atoms with Crippen molar-refractivity contribution in [1.29, 1.82) is 0 Å². The van der Waals surface area contributed by atoms with Crippen LogP contribution in [0.4, 0.5) is 0 Å². The molecular weight excluding hydrogens is 256 g/mol. The highest BCUT2D eigenvalue weighted by Gasteiger charge is 2.05. The Balaban J connectivity index is 2.24. The zero-order valence-corrected chi connectivity index (χ0v) is 11.7. The van der Waals surface area contributed by atoms with E-state index in [1.54, 1.807) is 12.2 Å². The summed E-state index contributed by atoms with van der Waals surface area (Å²) < 4.78 is 0. The molecule has 0 saturated heterocycles. The van der Waals surface area contributed by atoms with E-state index in [0.717, 1.165) is 22.3 Å². The van der Waals surface area contributed by atoms with Gasteiger partial charge in [-0.1, -0.05) is 53.6 Å². The van der Waals surface area contributed by atoms with Gasteiger partial charge in [0.15, 0.2) is 5.78 Å². The predicted molar refractivity (Wildman–Crippen MR) is 80.7 cm³/mol. The van der Waals surface area contributed by atoms with Gasteiger partial charge in [-0.2, -0.15) is 0 Å². The fourth-order valence-electron chi connectivity index (χ4n) is 1.96. The molecule has 0 fully saturated rings. The van der Waals surface area contributed by atoms with Gasteiger partial charge in [-0.05, 0) is 43.2 Å². The van der Waals surface area contributed by atoms with Crippen molar-refractivity contribution in [3.8, 4) is 0 Å². The standard InChI is InChI=1S/C17H15ClO/c1-12-7-9-15(13(2)11-12)17(19)10-8-14-5-3-4-6-16(14)18/h3-11H,1-2H3/b10-8-. The summed E-state index contributed by atoms with van der Waals surface area (Å²) in [6, 6.07) is 13.3. The molecule has 96 valence electrons. The van der Waals surface area contributed by atoms with Crippen molar-refractivity contribution in [2.24, 2.45) is 0 Å². The lowest BCUT2D eigenvalue weighted by Gasteiger charge is -2.03. The maximum Gasteiger partial charge on any atom is 0.186 e. The summed E-state index contributed by atoms with van der Waals surface area (Å²) in [7, 11) is 0. The van der Waals surface area contributed by atoms with Crippen LogP contribution in [0.5, 0.6) is 0 Å². The van der Waals surface area contributed by atoms with Crippen LogP contribution < -0.4 is 0 Å². The van der Waals surface area contributed by atoms with E-state index in [4.69, 9.17) is 11.6 Å². The second kappa shape index (κ2) is 5.85. The van der Waals surface area contributed by atoms with Gasteiger partial charge in [-0.3, -0.25) is 4.79 Å². The molecule has 0 amide bonds. The third kappa shape index (κ3) is 3.33. The topological polar surface area (TPSA) is 17.1 Å². The first-order valence-corrected chi connectivity index (χ1v) is 6.50. The van der Waals surface area contributed by atoms with Gasteiger partial charge in [0.2, 0.25) is 0 Å². The van der Waals surface area contributed by atoms with Gasteiger partial charge >= 0.3 is 0 Å². The summed E-state index contributed by atoms with van der Waals surface area (Å²) in [4.78, 5) is 12.1. The smallest absolute Gasteiger partial charge is 0.186 e. The largest absolute Gasteiger partial charge is 0.289 e. The van der Waals surface area contributed by atoms with Crippen LogP contribution in [0.3, 0.4) is 0 Å². The van der Waals surface area contributed by atoms with Gasteiger partial charge in [-0.25, -0.2) is 0 Å². The SMILES string of the molecule is Cc1ccc(C(=O)/C=C\c2ccccc2Cl)c(C)c1. The molecule has 0 aliphatic heterocycles. The van der Waals surface area contributed by atoms with Gasteiger partial charge in [0.1, 0.15) is 0 Å². The third-order valence-electron chi connectivity index (χ3n) is 2.97. The average molecular weight is 271 g/mol. The van der Waals surface area contributed by atoms with Crippen LogP contribution in [-0.4, -0.2) is 5.78 Å². The van der Waals surface area contributed by atoms with Gasteiger partial charge in [0.05, 0.1) is 0 Å². The number of hydrogen-bond acceptors (Lipinski definition) is 1. The summed E-state index contributed by atoms with van der Waals surface area (Å²) in [6.07, 6.45) is 3.32. The van der Waals surface area contributed by atoms with Gasteiger partial charge in [0, 0.05) is 10.6 Å². The Hall–Kier alpha value is -1.86. The number of aryl methyl sites for hydroxylation is 2. The molecular formula is C17H15ClO. The molecule has 1 nitrogen and oxygen atoms in total. The number of hydrogen-bond donors (Lipinski definition) is 0. The van der Waals surface area contributed by atoms with Crippen molar-refractivity contribution in [2.45, 2.75) is 13.8 Å². The van der Waals surface area contributed by atoms with E-state index in [-0.39, 0.29) is 5.78 Å². The lowest BCUT2D eigenvalue weighted by atomic mass is 10.0. The minimum absolute atomic E-state index is 0.00239. The van der Waals surface area contributed by atoms with Crippen molar-refractivity contribution in [1.82, 2.24) is 0 Å². The molecule has 0 spiro atoms. The Kier molecular flexibility index (Phi) is 4.18. The number of allylic oxidation sites excluding steroid dienone is 1. The molecule has 0 saturated carbocycles. The first-order valence-electron chi connectivity index (χ1n) is 6.12. The third-order valence-corrected chi connectivity index (χ3v) is 3.31. The number of carbonyl (C=O) groups excluding carboxylic acids is 1. The quantitative estimate of drug-likeness (QED) is 0.575. The molecule has 2 heteroatoms. The zero-order chi connectivity index (χ0) is 13.8. The zero-order valence-electron chi connectivity index (χ0n) is 11.0. The van der Waals surface area contributed by atoms with E-state index in [0.29, 0.717) is 5.02 Å². The highest BCUT2D eigenvalue weighted by Crippen LogP contribution is 2.17. The lowest BCUT2D eigenvalue weighted by Crippen LogP contribution is -1.98. The maximum absolute atomic E-state index is 12.1. The molecule has 2 aromatic rings. The molecule has 0 aromatic heterocycles. The molecule has 0 heterocycles. The predicted octanol–water partition coefficient (Wildman–Crippen LogP) is 4.85. The molecule has 0 N–H and O–H groups in total. The number of ketones is 1. The fourth-order valence-corrected chi connectivity index (χ4v) is 2.15. The number of rotatable bonds is 3. The molecule has 19 heavy (non-hydrogen) atoms. The highest BCUT2D eigenvalue weighted by molar-refractivity contribution is 6.32. The molecule has 0 atom stereocenters. The van der Waals surface area contributed by atoms with Gasteiger partial charge in [-0.15, -0.1) is 0 Å². The van der Waals surface area contributed by atoms with Gasteiger partial charge in [0.25, 0.3) is 0 Å². The Bertz CT molecular complexity index is 641. The Morgan fingerprint density at radius 1 is 1.11 bits per heavy atom. The molecule has 2 rings (SSSR count). The normalized spacial score (nSPS) is 10.9. The number of benzene rings is 2. The van der Waals surface area contributed by atoms with Crippen LogP contribution in [0.15, 0.2) is 48.5 Å². The first kappa shape index (κ1) is 13.6. The summed E-state index contributed by atoms with van der Waals surface area (Å²) in [6.45, 7) is 3.96. The van der Waals surface area contributed by atoms with E-state index >= 15 is 0 Å².